The normalized spacial score (nSPS) is 11.9. The summed E-state index contributed by atoms with van der Waals surface area (Å²) in [6.45, 7) is 0. The molecule has 3 rings (SSSR count). The van der Waals surface area contributed by atoms with Gasteiger partial charge in [0.1, 0.15) is 4.90 Å². The fourth-order valence-corrected chi connectivity index (χ4v) is 3.62. The summed E-state index contributed by atoms with van der Waals surface area (Å²) in [7, 11) is -2.64. The molecule has 114 valence electrons. The minimum atomic E-state index is -4.27. The lowest BCUT2D eigenvalue weighted by Gasteiger charge is -2.06. The second kappa shape index (κ2) is 4.85. The van der Waals surface area contributed by atoms with Crippen molar-refractivity contribution in [1.82, 2.24) is 13.5 Å². The lowest BCUT2D eigenvalue weighted by molar-refractivity contribution is 0.582. The molecular weight excluding hydrogens is 330 g/mol. The molecule has 2 aromatic heterocycles. The van der Waals surface area contributed by atoms with E-state index in [0.29, 0.717) is 5.02 Å². The van der Waals surface area contributed by atoms with Gasteiger partial charge in [0, 0.05) is 24.5 Å². The molecule has 1 N–H and O–H groups in total. The van der Waals surface area contributed by atoms with E-state index in [4.69, 9.17) is 11.6 Å². The Labute approximate surface area is 129 Å². The molecule has 0 amide bonds. The Hall–Kier alpha value is -2.32. The zero-order chi connectivity index (χ0) is 16.1. The number of benzene rings is 1. The number of nitrogens with zero attached hydrogens (tertiary/aromatic N) is 2. The predicted octanol–water partition coefficient (Wildman–Crippen LogP) is 0.919. The molecule has 0 aliphatic heterocycles. The maximum atomic E-state index is 12.5. The van der Waals surface area contributed by atoms with E-state index in [2.05, 4.69) is 4.98 Å². The number of H-pyrrole nitrogens is 1. The van der Waals surface area contributed by atoms with Crippen LogP contribution in [0.2, 0.25) is 5.02 Å². The molecule has 7 nitrogen and oxygen atoms in total. The fraction of sp³-hybridized carbons (Fsp3) is 0.0769. The maximum Gasteiger partial charge on any atom is 0.343 e. The molecule has 0 radical (unpaired) electrons. The molecule has 1 aromatic carbocycles. The topological polar surface area (TPSA) is 93.9 Å². The Balaban J connectivity index is 2.39. The number of nitrogens with one attached hydrogen (secondary N) is 1. The minimum Gasteiger partial charge on any atom is -0.356 e. The molecule has 0 aliphatic carbocycles. The van der Waals surface area contributed by atoms with Gasteiger partial charge in [0.2, 0.25) is 0 Å². The standard InChI is InChI=1S/C13H10ClN3O4S/c1-16-5-4-9(7-16)22(20,21)17-12(18)10-3-2-8(14)6-11(10)15-13(17)19/h2-7H,1H3,(H,15,19). The van der Waals surface area contributed by atoms with Gasteiger partial charge in [-0.15, -0.1) is 3.97 Å². The van der Waals surface area contributed by atoms with Gasteiger partial charge in [-0.3, -0.25) is 4.79 Å². The van der Waals surface area contributed by atoms with Crippen molar-refractivity contribution in [3.8, 4) is 0 Å². The number of aryl methyl sites for hydroxylation is 1. The highest BCUT2D eigenvalue weighted by atomic mass is 35.5. The summed E-state index contributed by atoms with van der Waals surface area (Å²) in [5.41, 5.74) is -1.77. The largest absolute Gasteiger partial charge is 0.356 e. The Morgan fingerprint density at radius 2 is 1.91 bits per heavy atom. The number of hydrogen-bond donors (Lipinski definition) is 1. The molecule has 0 unspecified atom stereocenters. The van der Waals surface area contributed by atoms with Gasteiger partial charge in [-0.25, -0.2) is 13.2 Å². The number of fused-ring (bicyclic) bond motifs is 1. The average Bonchev–Trinajstić information content (AvgIpc) is 2.85. The molecule has 0 atom stereocenters. The third kappa shape index (κ3) is 2.16. The second-order valence-electron chi connectivity index (χ2n) is 4.71. The van der Waals surface area contributed by atoms with Gasteiger partial charge in [-0.05, 0) is 24.3 Å². The van der Waals surface area contributed by atoms with Gasteiger partial charge in [0.05, 0.1) is 10.9 Å². The van der Waals surface area contributed by atoms with E-state index in [1.807, 2.05) is 0 Å². The summed E-state index contributed by atoms with van der Waals surface area (Å²) in [6, 6.07) is 5.52. The van der Waals surface area contributed by atoms with E-state index < -0.39 is 21.3 Å². The average molecular weight is 340 g/mol. The predicted molar refractivity (Wildman–Crippen MR) is 81.8 cm³/mol. The number of aromatic amines is 1. The summed E-state index contributed by atoms with van der Waals surface area (Å²) in [5.74, 6) is 0. The second-order valence-corrected chi connectivity index (χ2v) is 6.93. The summed E-state index contributed by atoms with van der Waals surface area (Å²) in [6.07, 6.45) is 2.82. The molecular formula is C13H10ClN3O4S. The van der Waals surface area contributed by atoms with Crippen molar-refractivity contribution in [2.24, 2.45) is 7.05 Å². The highest BCUT2D eigenvalue weighted by molar-refractivity contribution is 7.90. The highest BCUT2D eigenvalue weighted by Crippen LogP contribution is 2.15. The van der Waals surface area contributed by atoms with E-state index >= 15 is 0 Å². The van der Waals surface area contributed by atoms with Crippen LogP contribution in [0.25, 0.3) is 10.9 Å². The molecule has 0 spiro atoms. The molecule has 0 aliphatic rings. The first-order valence-corrected chi connectivity index (χ1v) is 7.94. The molecule has 0 saturated carbocycles. The van der Waals surface area contributed by atoms with Crippen LogP contribution in [-0.4, -0.2) is 21.9 Å². The van der Waals surface area contributed by atoms with E-state index in [-0.39, 0.29) is 19.8 Å². The van der Waals surface area contributed by atoms with Crippen molar-refractivity contribution in [2.75, 3.05) is 0 Å². The van der Waals surface area contributed by atoms with Crippen LogP contribution in [0.3, 0.4) is 0 Å². The van der Waals surface area contributed by atoms with E-state index in [0.717, 1.165) is 0 Å². The van der Waals surface area contributed by atoms with Crippen molar-refractivity contribution >= 4 is 32.5 Å². The Morgan fingerprint density at radius 3 is 2.55 bits per heavy atom. The summed E-state index contributed by atoms with van der Waals surface area (Å²) in [4.78, 5) is 26.7. The molecule has 0 saturated heterocycles. The van der Waals surface area contributed by atoms with E-state index in [1.54, 1.807) is 7.05 Å². The summed E-state index contributed by atoms with van der Waals surface area (Å²) < 4.78 is 26.7. The molecule has 0 bridgehead atoms. The molecule has 9 heteroatoms. The monoisotopic (exact) mass is 339 g/mol. The van der Waals surface area contributed by atoms with Crippen molar-refractivity contribution in [3.63, 3.8) is 0 Å². The van der Waals surface area contributed by atoms with Crippen LogP contribution < -0.4 is 11.2 Å². The third-order valence-electron chi connectivity index (χ3n) is 3.17. The number of halogens is 1. The Morgan fingerprint density at radius 1 is 1.18 bits per heavy atom. The van der Waals surface area contributed by atoms with Crippen LogP contribution in [-0.2, 0) is 17.1 Å². The van der Waals surface area contributed by atoms with Crippen molar-refractivity contribution < 1.29 is 8.42 Å². The number of aromatic nitrogens is 3. The number of hydrogen-bond acceptors (Lipinski definition) is 4. The van der Waals surface area contributed by atoms with Crippen LogP contribution in [0.1, 0.15) is 0 Å². The highest BCUT2D eigenvalue weighted by Gasteiger charge is 2.23. The van der Waals surface area contributed by atoms with Gasteiger partial charge in [0.25, 0.3) is 15.6 Å². The van der Waals surface area contributed by atoms with Crippen LogP contribution in [0.4, 0.5) is 0 Å². The first-order chi connectivity index (χ1) is 10.3. The van der Waals surface area contributed by atoms with Gasteiger partial charge >= 0.3 is 5.69 Å². The van der Waals surface area contributed by atoms with Crippen molar-refractivity contribution in [1.29, 1.82) is 0 Å². The van der Waals surface area contributed by atoms with Crippen molar-refractivity contribution in [2.45, 2.75) is 4.90 Å². The van der Waals surface area contributed by atoms with Crippen LogP contribution >= 0.6 is 11.6 Å². The molecule has 22 heavy (non-hydrogen) atoms. The van der Waals surface area contributed by atoms with Crippen LogP contribution in [0.15, 0.2) is 51.1 Å². The smallest absolute Gasteiger partial charge is 0.343 e. The van der Waals surface area contributed by atoms with Gasteiger partial charge in [-0.1, -0.05) is 11.6 Å². The first kappa shape index (κ1) is 14.6. The summed E-state index contributed by atoms with van der Waals surface area (Å²) in [5, 5.41) is 0.384. The van der Waals surface area contributed by atoms with Gasteiger partial charge in [0.15, 0.2) is 0 Å². The first-order valence-electron chi connectivity index (χ1n) is 6.13. The quantitative estimate of drug-likeness (QED) is 0.751. The Bertz CT molecular complexity index is 1110. The molecule has 2 heterocycles. The number of rotatable bonds is 2. The van der Waals surface area contributed by atoms with Crippen molar-refractivity contribution in [3.05, 3.63) is 62.5 Å². The van der Waals surface area contributed by atoms with Gasteiger partial charge < -0.3 is 9.55 Å². The zero-order valence-electron chi connectivity index (χ0n) is 11.3. The zero-order valence-corrected chi connectivity index (χ0v) is 12.9. The van der Waals surface area contributed by atoms with Gasteiger partial charge in [-0.2, -0.15) is 0 Å². The van der Waals surface area contributed by atoms with E-state index in [9.17, 15) is 18.0 Å². The summed E-state index contributed by atoms with van der Waals surface area (Å²) >= 11 is 5.80. The Kier molecular flexibility index (Phi) is 3.22. The maximum absolute atomic E-state index is 12.5. The van der Waals surface area contributed by atoms with Crippen LogP contribution in [0.5, 0.6) is 0 Å². The lowest BCUT2D eigenvalue weighted by atomic mass is 10.2. The molecule has 0 fully saturated rings. The third-order valence-corrected chi connectivity index (χ3v) is 5.05. The SMILES string of the molecule is Cn1ccc(S(=O)(=O)n2c(=O)[nH]c3cc(Cl)ccc3c2=O)c1. The van der Waals surface area contributed by atoms with E-state index in [1.165, 1.54) is 41.2 Å². The minimum absolute atomic E-state index is 0.0588. The molecule has 3 aromatic rings. The fourth-order valence-electron chi connectivity index (χ4n) is 2.13. The lowest BCUT2D eigenvalue weighted by Crippen LogP contribution is -2.39. The van der Waals surface area contributed by atoms with Crippen LogP contribution in [0, 0.1) is 0 Å².